The molecule has 0 bridgehead atoms. The molecule has 0 heterocycles. The van der Waals surface area contributed by atoms with Gasteiger partial charge in [0.25, 0.3) is 0 Å². The molecule has 0 spiro atoms. The van der Waals surface area contributed by atoms with Gasteiger partial charge < -0.3 is 15.7 Å². The minimum Gasteiger partial charge on any atom is -0.483 e. The number of hydrogen-bond acceptors (Lipinski definition) is 3. The highest BCUT2D eigenvalue weighted by molar-refractivity contribution is 5.85. The molecule has 0 aliphatic rings. The number of hydrogen-bond donors (Lipinski definition) is 2. The average molecular weight is 230 g/mol. The van der Waals surface area contributed by atoms with Crippen molar-refractivity contribution in [2.75, 3.05) is 0 Å². The van der Waals surface area contributed by atoms with Crippen LogP contribution in [0.2, 0.25) is 0 Å². The summed E-state index contributed by atoms with van der Waals surface area (Å²) in [6, 6.07) is 13.8. The standard InChI is InChI=1S/C13H14N2O2/c1-9(13(14)15-16)17-12-7-6-10-4-2-3-5-11(10)8-12/h2-9,16H,1H3,(H2,14,15). The van der Waals surface area contributed by atoms with Crippen LogP contribution in [0.1, 0.15) is 6.92 Å². The second-order valence-corrected chi connectivity index (χ2v) is 3.79. The highest BCUT2D eigenvalue weighted by Crippen LogP contribution is 2.21. The maximum Gasteiger partial charge on any atom is 0.180 e. The number of nitrogens with zero attached hydrogens (tertiary/aromatic N) is 1. The quantitative estimate of drug-likeness (QED) is 0.368. The molecule has 1 unspecified atom stereocenters. The van der Waals surface area contributed by atoms with E-state index >= 15 is 0 Å². The molecule has 3 N–H and O–H groups in total. The summed E-state index contributed by atoms with van der Waals surface area (Å²) in [5.74, 6) is 0.751. The van der Waals surface area contributed by atoms with E-state index in [0.717, 1.165) is 10.8 Å². The number of amidine groups is 1. The van der Waals surface area contributed by atoms with Crippen LogP contribution in [0.4, 0.5) is 0 Å². The fraction of sp³-hybridized carbons (Fsp3) is 0.154. The summed E-state index contributed by atoms with van der Waals surface area (Å²) >= 11 is 0. The highest BCUT2D eigenvalue weighted by atomic mass is 16.5. The topological polar surface area (TPSA) is 67.8 Å². The zero-order chi connectivity index (χ0) is 12.3. The van der Waals surface area contributed by atoms with Gasteiger partial charge in [-0.05, 0) is 29.8 Å². The van der Waals surface area contributed by atoms with Gasteiger partial charge in [0.05, 0.1) is 0 Å². The predicted molar refractivity (Wildman–Crippen MR) is 67.4 cm³/mol. The highest BCUT2D eigenvalue weighted by Gasteiger charge is 2.09. The van der Waals surface area contributed by atoms with Crippen molar-refractivity contribution in [1.29, 1.82) is 0 Å². The molecule has 0 aromatic heterocycles. The third-order valence-electron chi connectivity index (χ3n) is 2.57. The molecule has 88 valence electrons. The second kappa shape index (κ2) is 4.74. The zero-order valence-corrected chi connectivity index (χ0v) is 9.50. The Kier molecular flexibility index (Phi) is 3.14. The van der Waals surface area contributed by atoms with Crippen LogP contribution in [0.15, 0.2) is 47.6 Å². The van der Waals surface area contributed by atoms with Gasteiger partial charge >= 0.3 is 0 Å². The van der Waals surface area contributed by atoms with E-state index in [1.54, 1.807) is 6.92 Å². The largest absolute Gasteiger partial charge is 0.483 e. The minimum atomic E-state index is -0.457. The molecular formula is C13H14N2O2. The number of ether oxygens (including phenoxy) is 1. The Labute approximate surface area is 99.3 Å². The van der Waals surface area contributed by atoms with Crippen molar-refractivity contribution in [1.82, 2.24) is 0 Å². The van der Waals surface area contributed by atoms with E-state index in [1.165, 1.54) is 0 Å². The minimum absolute atomic E-state index is 0.0539. The van der Waals surface area contributed by atoms with Gasteiger partial charge in [-0.15, -0.1) is 0 Å². The van der Waals surface area contributed by atoms with Crippen molar-refractivity contribution in [2.45, 2.75) is 13.0 Å². The van der Waals surface area contributed by atoms with Gasteiger partial charge in [-0.2, -0.15) is 0 Å². The zero-order valence-electron chi connectivity index (χ0n) is 9.50. The van der Waals surface area contributed by atoms with Gasteiger partial charge in [-0.25, -0.2) is 0 Å². The Bertz CT molecular complexity index is 552. The van der Waals surface area contributed by atoms with E-state index in [0.29, 0.717) is 5.75 Å². The molecule has 0 radical (unpaired) electrons. The molecule has 17 heavy (non-hydrogen) atoms. The Balaban J connectivity index is 2.25. The van der Waals surface area contributed by atoms with Crippen LogP contribution in [0, 0.1) is 0 Å². The second-order valence-electron chi connectivity index (χ2n) is 3.79. The summed E-state index contributed by atoms with van der Waals surface area (Å²) < 4.78 is 5.56. The van der Waals surface area contributed by atoms with Gasteiger partial charge in [-0.1, -0.05) is 35.5 Å². The first-order valence-corrected chi connectivity index (χ1v) is 5.33. The van der Waals surface area contributed by atoms with Crippen LogP contribution in [0.5, 0.6) is 5.75 Å². The molecule has 1 atom stereocenters. The number of oxime groups is 1. The van der Waals surface area contributed by atoms with Crippen LogP contribution in [-0.4, -0.2) is 17.1 Å². The Hall–Kier alpha value is -2.23. The molecule has 0 amide bonds. The van der Waals surface area contributed by atoms with Crippen molar-refractivity contribution >= 4 is 16.6 Å². The Morgan fingerprint density at radius 2 is 1.94 bits per heavy atom. The van der Waals surface area contributed by atoms with Crippen molar-refractivity contribution in [3.63, 3.8) is 0 Å². The van der Waals surface area contributed by atoms with Crippen molar-refractivity contribution in [2.24, 2.45) is 10.9 Å². The normalized spacial score (nSPS) is 13.6. The molecule has 2 aromatic rings. The van der Waals surface area contributed by atoms with Gasteiger partial charge in [0.1, 0.15) is 5.75 Å². The van der Waals surface area contributed by atoms with Crippen LogP contribution in [0.25, 0.3) is 10.8 Å². The van der Waals surface area contributed by atoms with Gasteiger partial charge in [0.2, 0.25) is 0 Å². The van der Waals surface area contributed by atoms with Crippen molar-refractivity contribution in [3.8, 4) is 5.75 Å². The molecule has 4 heteroatoms. The molecule has 0 aliphatic carbocycles. The van der Waals surface area contributed by atoms with Gasteiger partial charge in [0.15, 0.2) is 11.9 Å². The number of benzene rings is 2. The molecule has 2 aromatic carbocycles. The lowest BCUT2D eigenvalue weighted by atomic mass is 10.1. The predicted octanol–water partition coefficient (Wildman–Crippen LogP) is 2.35. The first kappa shape index (κ1) is 11.3. The first-order chi connectivity index (χ1) is 8.20. The molecular weight excluding hydrogens is 216 g/mol. The summed E-state index contributed by atoms with van der Waals surface area (Å²) in [5, 5.41) is 13.7. The van der Waals surface area contributed by atoms with Crippen LogP contribution >= 0.6 is 0 Å². The maximum absolute atomic E-state index is 8.54. The molecule has 0 saturated carbocycles. The third kappa shape index (κ3) is 2.47. The summed E-state index contributed by atoms with van der Waals surface area (Å²) in [6.07, 6.45) is -0.457. The Morgan fingerprint density at radius 3 is 2.65 bits per heavy atom. The monoisotopic (exact) mass is 230 g/mol. The maximum atomic E-state index is 8.54. The van der Waals surface area contributed by atoms with Crippen LogP contribution < -0.4 is 10.5 Å². The number of nitrogens with two attached hydrogens (primary N) is 1. The molecule has 2 rings (SSSR count). The third-order valence-corrected chi connectivity index (χ3v) is 2.57. The fourth-order valence-electron chi connectivity index (χ4n) is 1.59. The summed E-state index contributed by atoms with van der Waals surface area (Å²) in [6.45, 7) is 1.73. The number of rotatable bonds is 3. The van der Waals surface area contributed by atoms with E-state index < -0.39 is 6.10 Å². The lowest BCUT2D eigenvalue weighted by Gasteiger charge is -2.13. The van der Waals surface area contributed by atoms with Crippen molar-refractivity contribution in [3.05, 3.63) is 42.5 Å². The van der Waals surface area contributed by atoms with Gasteiger partial charge in [0, 0.05) is 0 Å². The van der Waals surface area contributed by atoms with E-state index in [1.807, 2.05) is 42.5 Å². The lowest BCUT2D eigenvalue weighted by molar-refractivity contribution is 0.266. The van der Waals surface area contributed by atoms with E-state index in [4.69, 9.17) is 15.7 Å². The SMILES string of the molecule is CC(Oc1ccc2ccccc2c1)C(N)=NO. The summed E-state index contributed by atoms with van der Waals surface area (Å²) in [4.78, 5) is 0. The lowest BCUT2D eigenvalue weighted by Crippen LogP contribution is -2.31. The first-order valence-electron chi connectivity index (χ1n) is 5.33. The van der Waals surface area contributed by atoms with Crippen LogP contribution in [-0.2, 0) is 0 Å². The molecule has 4 nitrogen and oxygen atoms in total. The van der Waals surface area contributed by atoms with E-state index in [2.05, 4.69) is 5.16 Å². The smallest absolute Gasteiger partial charge is 0.180 e. The number of fused-ring (bicyclic) bond motifs is 1. The fourth-order valence-corrected chi connectivity index (χ4v) is 1.59. The molecule has 0 saturated heterocycles. The van der Waals surface area contributed by atoms with E-state index in [-0.39, 0.29) is 5.84 Å². The van der Waals surface area contributed by atoms with Gasteiger partial charge in [-0.3, -0.25) is 0 Å². The summed E-state index contributed by atoms with van der Waals surface area (Å²) in [5.41, 5.74) is 5.45. The van der Waals surface area contributed by atoms with Crippen molar-refractivity contribution < 1.29 is 9.94 Å². The Morgan fingerprint density at radius 1 is 1.24 bits per heavy atom. The molecule has 0 fully saturated rings. The summed E-state index contributed by atoms with van der Waals surface area (Å²) in [7, 11) is 0. The van der Waals surface area contributed by atoms with Crippen LogP contribution in [0.3, 0.4) is 0 Å². The molecule has 0 aliphatic heterocycles. The van der Waals surface area contributed by atoms with E-state index in [9.17, 15) is 0 Å². The average Bonchev–Trinajstić information content (AvgIpc) is 2.37.